The molecule has 340 valence electrons. The molecule has 1 aliphatic rings. The van der Waals surface area contributed by atoms with Crippen LogP contribution in [0.5, 0.6) is 0 Å². The molecule has 0 unspecified atom stereocenters. The topological polar surface area (TPSA) is 221 Å². The van der Waals surface area contributed by atoms with E-state index in [1.54, 1.807) is 0 Å². The maximum absolute atomic E-state index is 13.0. The number of hydrogen-bond acceptors (Lipinski definition) is 11. The maximum atomic E-state index is 13.0. The quantitative estimate of drug-likeness (QED) is 0.0519. The van der Waals surface area contributed by atoms with E-state index in [9.17, 15) is 38.7 Å². The van der Waals surface area contributed by atoms with Crippen molar-refractivity contribution in [2.45, 2.75) is 155 Å². The van der Waals surface area contributed by atoms with E-state index in [0.717, 1.165) is 51.4 Å². The summed E-state index contributed by atoms with van der Waals surface area (Å²) in [6, 6.07) is 0. The lowest BCUT2D eigenvalue weighted by Gasteiger charge is -2.28. The van der Waals surface area contributed by atoms with E-state index in [1.807, 2.05) is 0 Å². The van der Waals surface area contributed by atoms with Gasteiger partial charge in [0.1, 0.15) is 19.0 Å². The number of aliphatic carboxylic acids is 2. The summed E-state index contributed by atoms with van der Waals surface area (Å²) < 4.78 is 21.2. The Morgan fingerprint density at radius 1 is 0.559 bits per heavy atom. The molecular weight excluding hydrogens is 764 g/mol. The van der Waals surface area contributed by atoms with Crippen LogP contribution in [0.1, 0.15) is 155 Å². The molecule has 1 rings (SSSR count). The van der Waals surface area contributed by atoms with Crippen molar-refractivity contribution in [3.05, 3.63) is 0 Å². The normalized spacial score (nSPS) is 15.7. The number of carbonyl (C=O) groups excluding carboxylic acids is 5. The van der Waals surface area contributed by atoms with Crippen molar-refractivity contribution in [2.24, 2.45) is 17.8 Å². The van der Waals surface area contributed by atoms with Gasteiger partial charge >= 0.3 is 11.9 Å². The summed E-state index contributed by atoms with van der Waals surface area (Å²) in [5.74, 6) is -3.00. The summed E-state index contributed by atoms with van der Waals surface area (Å²) in [5, 5.41) is 24.2. The molecule has 0 aromatic rings. The van der Waals surface area contributed by atoms with Gasteiger partial charge in [-0.2, -0.15) is 0 Å². The first-order chi connectivity index (χ1) is 28.5. The van der Waals surface area contributed by atoms with E-state index in [0.29, 0.717) is 64.4 Å². The molecule has 0 heterocycles. The molecular formula is C44H76N2O13. The fourth-order valence-electron chi connectivity index (χ4n) is 7.03. The van der Waals surface area contributed by atoms with Gasteiger partial charge in [0.25, 0.3) is 0 Å². The predicted octanol–water partition coefficient (Wildman–Crippen LogP) is 6.02. The van der Waals surface area contributed by atoms with Gasteiger partial charge in [-0.05, 0) is 64.2 Å². The zero-order chi connectivity index (χ0) is 43.4. The van der Waals surface area contributed by atoms with Crippen LogP contribution in [0.2, 0.25) is 0 Å². The van der Waals surface area contributed by atoms with Gasteiger partial charge in [0.2, 0.25) is 11.8 Å². The van der Waals surface area contributed by atoms with E-state index < -0.39 is 17.9 Å². The highest BCUT2D eigenvalue weighted by atomic mass is 16.5. The molecule has 2 amide bonds. The van der Waals surface area contributed by atoms with E-state index >= 15 is 0 Å². The highest BCUT2D eigenvalue weighted by molar-refractivity contribution is 5.86. The summed E-state index contributed by atoms with van der Waals surface area (Å²) in [6.07, 6.45) is 17.9. The monoisotopic (exact) mass is 841 g/mol. The third-order valence-corrected chi connectivity index (χ3v) is 10.6. The third kappa shape index (κ3) is 33.2. The molecule has 15 nitrogen and oxygen atoms in total. The number of ether oxygens (including phenoxy) is 4. The van der Waals surface area contributed by atoms with Crippen LogP contribution in [-0.4, -0.2) is 117 Å². The average Bonchev–Trinajstić information content (AvgIpc) is 3.20. The fourth-order valence-corrected chi connectivity index (χ4v) is 7.03. The second kappa shape index (κ2) is 36.6. The minimum atomic E-state index is -1.08. The number of hydrogen-bond donors (Lipinski definition) is 4. The Balaban J connectivity index is 2.03. The van der Waals surface area contributed by atoms with Crippen LogP contribution in [0.3, 0.4) is 0 Å². The van der Waals surface area contributed by atoms with Crippen LogP contribution < -0.4 is 10.6 Å². The van der Waals surface area contributed by atoms with Gasteiger partial charge in [0.15, 0.2) is 11.6 Å². The highest BCUT2D eigenvalue weighted by Gasteiger charge is 2.30. The Bertz CT molecular complexity index is 1190. The number of carbonyl (C=O) groups is 7. The molecule has 0 spiro atoms. The van der Waals surface area contributed by atoms with Crippen LogP contribution in [-0.2, 0) is 52.5 Å². The minimum absolute atomic E-state index is 0.0124. The molecule has 0 aromatic heterocycles. The first kappa shape index (κ1) is 53.7. The number of ketones is 3. The van der Waals surface area contributed by atoms with E-state index in [-0.39, 0.29) is 100 Å². The predicted molar refractivity (Wildman–Crippen MR) is 222 cm³/mol. The summed E-state index contributed by atoms with van der Waals surface area (Å²) in [4.78, 5) is 82.8. The van der Waals surface area contributed by atoms with Gasteiger partial charge in [-0.25, -0.2) is 0 Å². The van der Waals surface area contributed by atoms with E-state index in [1.165, 1.54) is 45.4 Å². The van der Waals surface area contributed by atoms with Crippen molar-refractivity contribution < 1.29 is 62.7 Å². The molecule has 0 aliphatic heterocycles. The van der Waals surface area contributed by atoms with Crippen LogP contribution >= 0.6 is 0 Å². The maximum Gasteiger partial charge on any atom is 0.306 e. The number of Topliss-reactive ketones (excluding diaryl/α,β-unsaturated/α-hetero) is 3. The molecule has 4 N–H and O–H groups in total. The zero-order valence-corrected chi connectivity index (χ0v) is 36.0. The third-order valence-electron chi connectivity index (χ3n) is 10.6. The Morgan fingerprint density at radius 2 is 1.08 bits per heavy atom. The van der Waals surface area contributed by atoms with Crippen LogP contribution in [0.15, 0.2) is 0 Å². The number of carboxylic acid groups (broad SMARTS) is 2. The second-order valence-corrected chi connectivity index (χ2v) is 15.9. The van der Waals surface area contributed by atoms with Gasteiger partial charge in [-0.1, -0.05) is 64.2 Å². The summed E-state index contributed by atoms with van der Waals surface area (Å²) in [5.41, 5.74) is 0. The largest absolute Gasteiger partial charge is 0.481 e. The molecule has 1 atom stereocenters. The lowest BCUT2D eigenvalue weighted by atomic mass is 9.78. The van der Waals surface area contributed by atoms with Crippen LogP contribution in [0, 0.1) is 17.8 Å². The van der Waals surface area contributed by atoms with Crippen LogP contribution in [0.4, 0.5) is 0 Å². The highest BCUT2D eigenvalue weighted by Crippen LogP contribution is 2.31. The second-order valence-electron chi connectivity index (χ2n) is 15.9. The van der Waals surface area contributed by atoms with Gasteiger partial charge in [0.05, 0.1) is 39.0 Å². The molecule has 0 saturated heterocycles. The molecule has 0 aromatic carbocycles. The number of unbranched alkanes of at least 4 members (excludes halogenated alkanes) is 11. The summed E-state index contributed by atoms with van der Waals surface area (Å²) in [6.45, 7) is 4.14. The lowest BCUT2D eigenvalue weighted by molar-refractivity contribution is -0.145. The van der Waals surface area contributed by atoms with Crippen molar-refractivity contribution in [1.29, 1.82) is 0 Å². The molecule has 1 saturated carbocycles. The van der Waals surface area contributed by atoms with E-state index in [4.69, 9.17) is 24.1 Å². The molecule has 1 fully saturated rings. The number of nitrogens with one attached hydrogen (secondary N) is 2. The standard InChI is InChI=1S/C44H76N2O13/c1-35(47)33-58-29-27-56-25-14-15-39(48)34-59-30-28-57-26-24-45-42(51)23-22-38(44(54)55)31-40(49)37-20-18-36(19-21-37)32-46-41(50)16-12-10-8-6-4-2-3-5-7-9-11-13-17-43(52)53/h36-38H,2-34H2,1H3,(H,45,51)(H,46,50)(H,52,53)(H,54,55)/t36?,37?,38-/m1/s1. The smallest absolute Gasteiger partial charge is 0.306 e. The van der Waals surface area contributed by atoms with Gasteiger partial charge in [-0.15, -0.1) is 0 Å². The number of amides is 2. The van der Waals surface area contributed by atoms with Gasteiger partial charge < -0.3 is 39.8 Å². The SMILES string of the molecule is CC(=O)COCCOCCCC(=O)COCCOCCNC(=O)CC[C@H](CC(=O)C1CCC(CNC(=O)CCCCCCCCCCCCCCC(=O)O)CC1)C(=O)O. The average molecular weight is 841 g/mol. The van der Waals surface area contributed by atoms with Gasteiger partial charge in [0, 0.05) is 57.7 Å². The summed E-state index contributed by atoms with van der Waals surface area (Å²) in [7, 11) is 0. The molecule has 1 aliphatic carbocycles. The molecule has 59 heavy (non-hydrogen) atoms. The van der Waals surface area contributed by atoms with Crippen molar-refractivity contribution in [2.75, 3.05) is 65.9 Å². The zero-order valence-electron chi connectivity index (χ0n) is 36.0. The summed E-state index contributed by atoms with van der Waals surface area (Å²) >= 11 is 0. The molecule has 0 bridgehead atoms. The Morgan fingerprint density at radius 3 is 1.66 bits per heavy atom. The van der Waals surface area contributed by atoms with Crippen molar-refractivity contribution in [3.63, 3.8) is 0 Å². The fraction of sp³-hybridized carbons (Fsp3) is 0.841. The number of rotatable bonds is 41. The lowest BCUT2D eigenvalue weighted by Crippen LogP contribution is -2.33. The Kier molecular flexibility index (Phi) is 33.3. The first-order valence-corrected chi connectivity index (χ1v) is 22.3. The van der Waals surface area contributed by atoms with Crippen molar-refractivity contribution in [1.82, 2.24) is 10.6 Å². The Labute approximate surface area is 352 Å². The number of carboxylic acids is 2. The van der Waals surface area contributed by atoms with E-state index in [2.05, 4.69) is 10.6 Å². The van der Waals surface area contributed by atoms with Crippen molar-refractivity contribution >= 4 is 41.1 Å². The molecule has 15 heteroatoms. The minimum Gasteiger partial charge on any atom is -0.481 e. The molecule has 0 radical (unpaired) electrons. The first-order valence-electron chi connectivity index (χ1n) is 22.3. The Hall–Kier alpha value is -3.27. The van der Waals surface area contributed by atoms with Gasteiger partial charge in [-0.3, -0.25) is 33.6 Å². The van der Waals surface area contributed by atoms with Crippen LogP contribution in [0.25, 0.3) is 0 Å². The van der Waals surface area contributed by atoms with Crippen molar-refractivity contribution in [3.8, 4) is 0 Å².